The molecule has 1 N–H and O–H groups in total. The third-order valence-corrected chi connectivity index (χ3v) is 3.64. The van der Waals surface area contributed by atoms with E-state index in [0.717, 1.165) is 31.5 Å². The van der Waals surface area contributed by atoms with Crippen LogP contribution in [0.5, 0.6) is 0 Å². The second kappa shape index (κ2) is 7.58. The van der Waals surface area contributed by atoms with Gasteiger partial charge >= 0.3 is 6.18 Å². The van der Waals surface area contributed by atoms with Gasteiger partial charge < -0.3 is 5.32 Å². The minimum absolute atomic E-state index is 0.0776. The number of nitrogens with one attached hydrogen (secondary N) is 1. The lowest BCUT2D eigenvalue weighted by Gasteiger charge is -2.33. The summed E-state index contributed by atoms with van der Waals surface area (Å²) in [5.74, 6) is -0.523. The number of halogens is 3. The van der Waals surface area contributed by atoms with Crippen LogP contribution in [0, 0.1) is 0 Å². The van der Waals surface area contributed by atoms with Crippen molar-refractivity contribution in [3.63, 3.8) is 0 Å². The van der Waals surface area contributed by atoms with Crippen molar-refractivity contribution in [1.82, 2.24) is 15.2 Å². The van der Waals surface area contributed by atoms with Gasteiger partial charge in [-0.2, -0.15) is 13.2 Å². The normalized spacial score (nSPS) is 19.9. The number of piperidine rings is 1. The maximum absolute atomic E-state index is 12.1. The Morgan fingerprint density at radius 2 is 2.27 bits per heavy atom. The average molecular weight is 315 g/mol. The first kappa shape index (κ1) is 16.7. The topological polar surface area (TPSA) is 45.2 Å². The van der Waals surface area contributed by atoms with Gasteiger partial charge in [0.2, 0.25) is 5.91 Å². The fourth-order valence-corrected chi connectivity index (χ4v) is 2.62. The summed E-state index contributed by atoms with van der Waals surface area (Å²) in [5.41, 5.74) is 1.09. The molecule has 4 nitrogen and oxygen atoms in total. The quantitative estimate of drug-likeness (QED) is 0.908. The molecule has 7 heteroatoms. The van der Waals surface area contributed by atoms with Crippen LogP contribution in [0.4, 0.5) is 13.2 Å². The molecule has 0 saturated carbocycles. The highest BCUT2D eigenvalue weighted by Crippen LogP contribution is 2.21. The van der Waals surface area contributed by atoms with Gasteiger partial charge in [-0.05, 0) is 31.0 Å². The van der Waals surface area contributed by atoms with E-state index < -0.39 is 24.9 Å². The molecule has 0 aromatic carbocycles. The Labute approximate surface area is 127 Å². The number of hydrogen-bond donors (Lipinski definition) is 1. The van der Waals surface area contributed by atoms with Crippen molar-refractivity contribution in [2.45, 2.75) is 44.4 Å². The zero-order valence-corrected chi connectivity index (χ0v) is 12.3. The van der Waals surface area contributed by atoms with Crippen molar-refractivity contribution in [3.8, 4) is 0 Å². The number of carbonyl (C=O) groups excluding carboxylic acids is 1. The highest BCUT2D eigenvalue weighted by Gasteiger charge is 2.29. The first-order valence-corrected chi connectivity index (χ1v) is 7.40. The fourth-order valence-electron chi connectivity index (χ4n) is 2.62. The summed E-state index contributed by atoms with van der Waals surface area (Å²) in [6, 6.07) is 3.78. The summed E-state index contributed by atoms with van der Waals surface area (Å²) in [6.07, 6.45) is -0.607. The minimum atomic E-state index is -4.28. The van der Waals surface area contributed by atoms with Crippen LogP contribution in [0.1, 0.15) is 31.2 Å². The predicted octanol–water partition coefficient (Wildman–Crippen LogP) is 2.50. The number of nitrogens with zero attached hydrogens (tertiary/aromatic N) is 2. The van der Waals surface area contributed by atoms with Crippen LogP contribution in [-0.2, 0) is 11.3 Å². The second-order valence-electron chi connectivity index (χ2n) is 5.62. The van der Waals surface area contributed by atoms with Gasteiger partial charge in [-0.1, -0.05) is 6.07 Å². The van der Waals surface area contributed by atoms with Gasteiger partial charge in [-0.25, -0.2) is 0 Å². The maximum Gasteiger partial charge on any atom is 0.389 e. The van der Waals surface area contributed by atoms with E-state index in [9.17, 15) is 18.0 Å². The van der Waals surface area contributed by atoms with Gasteiger partial charge in [0.25, 0.3) is 0 Å². The Morgan fingerprint density at radius 3 is 2.95 bits per heavy atom. The third-order valence-electron chi connectivity index (χ3n) is 3.64. The van der Waals surface area contributed by atoms with Crippen LogP contribution >= 0.6 is 0 Å². The molecule has 1 saturated heterocycles. The van der Waals surface area contributed by atoms with E-state index in [-0.39, 0.29) is 6.04 Å². The summed E-state index contributed by atoms with van der Waals surface area (Å²) in [6.45, 7) is 2.32. The smallest absolute Gasteiger partial charge is 0.352 e. The van der Waals surface area contributed by atoms with Crippen molar-refractivity contribution >= 4 is 5.91 Å². The Bertz CT molecular complexity index is 479. The molecular formula is C15H20F3N3O. The summed E-state index contributed by atoms with van der Waals surface area (Å²) in [4.78, 5) is 17.8. The van der Waals surface area contributed by atoms with Crippen LogP contribution in [0.25, 0.3) is 0 Å². The molecular weight excluding hydrogens is 295 g/mol. The molecule has 2 rings (SSSR count). The summed E-state index contributed by atoms with van der Waals surface area (Å²) in [7, 11) is 0. The highest BCUT2D eigenvalue weighted by molar-refractivity contribution is 5.76. The largest absolute Gasteiger partial charge is 0.389 e. The molecule has 1 fully saturated rings. The minimum Gasteiger partial charge on any atom is -0.352 e. The molecule has 1 amide bonds. The van der Waals surface area contributed by atoms with Crippen LogP contribution in [0.3, 0.4) is 0 Å². The number of rotatable bonds is 5. The van der Waals surface area contributed by atoms with E-state index in [0.29, 0.717) is 6.54 Å². The Hall–Kier alpha value is -1.63. The fraction of sp³-hybridized carbons (Fsp3) is 0.600. The molecule has 1 atom stereocenters. The molecule has 1 unspecified atom stereocenters. The summed E-state index contributed by atoms with van der Waals surface area (Å²) < 4.78 is 36.3. The van der Waals surface area contributed by atoms with Gasteiger partial charge in [0.05, 0.1) is 6.42 Å². The van der Waals surface area contributed by atoms with E-state index in [4.69, 9.17) is 0 Å². The van der Waals surface area contributed by atoms with Crippen molar-refractivity contribution < 1.29 is 18.0 Å². The lowest BCUT2D eigenvalue weighted by Crippen LogP contribution is -2.47. The standard InChI is InChI=1S/C15H20F3N3O/c16-15(17,18)6-5-14(22)20-13-4-2-8-21(11-13)10-12-3-1-7-19-9-12/h1,3,7,9,13H,2,4-6,8,10-11H2,(H,20,22). The van der Waals surface area contributed by atoms with Crippen molar-refractivity contribution in [2.24, 2.45) is 0 Å². The molecule has 0 bridgehead atoms. The van der Waals surface area contributed by atoms with Crippen LogP contribution < -0.4 is 5.32 Å². The zero-order chi connectivity index (χ0) is 16.0. The SMILES string of the molecule is O=C(CCC(F)(F)F)NC1CCCN(Cc2cccnc2)C1. The molecule has 22 heavy (non-hydrogen) atoms. The second-order valence-corrected chi connectivity index (χ2v) is 5.62. The summed E-state index contributed by atoms with van der Waals surface area (Å²) in [5, 5.41) is 2.71. The number of hydrogen-bond acceptors (Lipinski definition) is 3. The average Bonchev–Trinajstić information content (AvgIpc) is 2.46. The molecule has 122 valence electrons. The number of likely N-dealkylation sites (tertiary alicyclic amines) is 1. The molecule has 0 spiro atoms. The first-order chi connectivity index (χ1) is 10.4. The van der Waals surface area contributed by atoms with Gasteiger partial charge in [-0.3, -0.25) is 14.7 Å². The van der Waals surface area contributed by atoms with Gasteiger partial charge in [0.1, 0.15) is 0 Å². The van der Waals surface area contributed by atoms with Gasteiger partial charge in [0.15, 0.2) is 0 Å². The van der Waals surface area contributed by atoms with Crippen LogP contribution in [0.2, 0.25) is 0 Å². The Kier molecular flexibility index (Phi) is 5.76. The van der Waals surface area contributed by atoms with E-state index in [1.54, 1.807) is 12.4 Å². The molecule has 2 heterocycles. The van der Waals surface area contributed by atoms with Crippen molar-refractivity contribution in [3.05, 3.63) is 30.1 Å². The first-order valence-electron chi connectivity index (χ1n) is 7.40. The molecule has 1 aromatic rings. The summed E-state index contributed by atoms with van der Waals surface area (Å²) >= 11 is 0. The van der Waals surface area contributed by atoms with Crippen LogP contribution in [0.15, 0.2) is 24.5 Å². The number of alkyl halides is 3. The molecule has 1 aromatic heterocycles. The van der Waals surface area contributed by atoms with E-state index >= 15 is 0 Å². The number of carbonyl (C=O) groups is 1. The lowest BCUT2D eigenvalue weighted by atomic mass is 10.0. The van der Waals surface area contributed by atoms with E-state index in [1.165, 1.54) is 0 Å². The van der Waals surface area contributed by atoms with Crippen molar-refractivity contribution in [1.29, 1.82) is 0 Å². The third kappa shape index (κ3) is 6.01. The van der Waals surface area contributed by atoms with Gasteiger partial charge in [-0.15, -0.1) is 0 Å². The molecule has 0 radical (unpaired) electrons. The number of amides is 1. The van der Waals surface area contributed by atoms with Crippen molar-refractivity contribution in [2.75, 3.05) is 13.1 Å². The number of aromatic nitrogens is 1. The monoisotopic (exact) mass is 315 g/mol. The van der Waals surface area contributed by atoms with E-state index in [1.807, 2.05) is 12.1 Å². The predicted molar refractivity (Wildman–Crippen MR) is 76.0 cm³/mol. The Morgan fingerprint density at radius 1 is 1.45 bits per heavy atom. The lowest BCUT2D eigenvalue weighted by molar-refractivity contribution is -0.144. The zero-order valence-electron chi connectivity index (χ0n) is 12.3. The molecule has 1 aliphatic heterocycles. The number of pyridine rings is 1. The van der Waals surface area contributed by atoms with E-state index in [2.05, 4.69) is 15.2 Å². The molecule has 1 aliphatic rings. The molecule has 0 aliphatic carbocycles. The Balaban J connectivity index is 1.77. The highest BCUT2D eigenvalue weighted by atomic mass is 19.4. The maximum atomic E-state index is 12.1. The van der Waals surface area contributed by atoms with Crippen LogP contribution in [-0.4, -0.2) is 41.1 Å². The van der Waals surface area contributed by atoms with Gasteiger partial charge in [0, 0.05) is 37.9 Å².